The molecule has 1 aromatic rings. The van der Waals surface area contributed by atoms with Gasteiger partial charge in [0.05, 0.1) is 7.11 Å². The van der Waals surface area contributed by atoms with Crippen LogP contribution < -0.4 is 4.90 Å². The molecule has 3 rings (SSSR count). The Labute approximate surface area is 105 Å². The van der Waals surface area contributed by atoms with Crippen molar-refractivity contribution < 1.29 is 13.9 Å². The van der Waals surface area contributed by atoms with E-state index in [1.54, 1.807) is 6.07 Å². The van der Waals surface area contributed by atoms with Gasteiger partial charge in [0, 0.05) is 31.3 Å². The number of anilines is 1. The fourth-order valence-electron chi connectivity index (χ4n) is 3.14. The van der Waals surface area contributed by atoms with Gasteiger partial charge in [-0.05, 0) is 6.07 Å². The molecule has 4 nitrogen and oxygen atoms in total. The van der Waals surface area contributed by atoms with E-state index in [2.05, 4.69) is 0 Å². The second-order valence-corrected chi connectivity index (χ2v) is 4.78. The minimum Gasteiger partial charge on any atom is -0.453 e. The van der Waals surface area contributed by atoms with Crippen LogP contribution in [0.1, 0.15) is 12.0 Å². The molecule has 1 aromatic carbocycles. The van der Waals surface area contributed by atoms with Gasteiger partial charge in [-0.15, -0.1) is 0 Å². The molecular weight excluding hydrogens is 235 g/mol. The first kappa shape index (κ1) is 11.3. The number of benzene rings is 1. The van der Waals surface area contributed by atoms with Crippen molar-refractivity contribution in [3.8, 4) is 0 Å². The lowest BCUT2D eigenvalue weighted by Gasteiger charge is -2.31. The monoisotopic (exact) mass is 250 g/mol. The topological polar surface area (TPSA) is 32.8 Å². The van der Waals surface area contributed by atoms with E-state index in [-0.39, 0.29) is 0 Å². The van der Waals surface area contributed by atoms with Gasteiger partial charge in [-0.1, -0.05) is 18.2 Å². The van der Waals surface area contributed by atoms with Crippen LogP contribution in [0.3, 0.4) is 0 Å². The molecule has 96 valence electrons. The Morgan fingerprint density at radius 1 is 1.50 bits per heavy atom. The van der Waals surface area contributed by atoms with Crippen LogP contribution in [0.4, 0.5) is 14.9 Å². The van der Waals surface area contributed by atoms with Crippen molar-refractivity contribution in [3.05, 3.63) is 29.8 Å². The molecule has 5 heteroatoms. The van der Waals surface area contributed by atoms with Gasteiger partial charge >= 0.3 is 6.09 Å². The number of likely N-dealkylation sites (tertiary alicyclic amines) is 1. The number of ether oxygens (including phenoxy) is 1. The largest absolute Gasteiger partial charge is 0.453 e. The zero-order chi connectivity index (χ0) is 12.9. The quantitative estimate of drug-likeness (QED) is 0.707. The Hall–Kier alpha value is -1.78. The minimum absolute atomic E-state index is 0.314. The summed E-state index contributed by atoms with van der Waals surface area (Å²) in [5.74, 6) is 0. The summed E-state index contributed by atoms with van der Waals surface area (Å²) < 4.78 is 19.9. The maximum atomic E-state index is 15.2. The number of halogens is 1. The Morgan fingerprint density at radius 3 is 2.94 bits per heavy atom. The summed E-state index contributed by atoms with van der Waals surface area (Å²) in [7, 11) is 3.13. The highest BCUT2D eigenvalue weighted by Gasteiger charge is 2.58. The van der Waals surface area contributed by atoms with Crippen LogP contribution in [0.5, 0.6) is 0 Å². The zero-order valence-electron chi connectivity index (χ0n) is 10.4. The van der Waals surface area contributed by atoms with Gasteiger partial charge in [-0.2, -0.15) is 0 Å². The maximum absolute atomic E-state index is 15.2. The Balaban J connectivity index is 2.07. The highest BCUT2D eigenvalue weighted by atomic mass is 19.1. The van der Waals surface area contributed by atoms with Crippen molar-refractivity contribution >= 4 is 11.8 Å². The molecule has 0 radical (unpaired) electrons. The number of alkyl halides is 1. The molecule has 0 aliphatic carbocycles. The van der Waals surface area contributed by atoms with Crippen molar-refractivity contribution in [2.24, 2.45) is 0 Å². The number of hydrogen-bond donors (Lipinski definition) is 0. The smallest absolute Gasteiger partial charge is 0.411 e. The average molecular weight is 250 g/mol. The van der Waals surface area contributed by atoms with Crippen molar-refractivity contribution in [2.75, 3.05) is 25.6 Å². The molecule has 1 amide bonds. The first-order valence-corrected chi connectivity index (χ1v) is 5.95. The predicted octanol–water partition coefficient (Wildman–Crippen LogP) is 2.10. The lowest BCUT2D eigenvalue weighted by molar-refractivity contribution is 0.0842. The highest BCUT2D eigenvalue weighted by molar-refractivity contribution is 5.73. The van der Waals surface area contributed by atoms with Crippen LogP contribution in [0.25, 0.3) is 0 Å². The predicted molar refractivity (Wildman–Crippen MR) is 65.1 cm³/mol. The van der Waals surface area contributed by atoms with E-state index in [9.17, 15) is 4.79 Å². The third-order valence-electron chi connectivity index (χ3n) is 3.93. The lowest BCUT2D eigenvalue weighted by Crippen LogP contribution is -2.49. The standard InChI is InChI=1S/C13H15FN2O2/c1-15-10-6-4-3-5-9(10)13(14)7-8-16(11(13)15)12(17)18-2/h3-6,11H,7-8H2,1-2H3/t11-,13+/m0/s1. The van der Waals surface area contributed by atoms with E-state index < -0.39 is 17.9 Å². The molecule has 2 heterocycles. The van der Waals surface area contributed by atoms with Gasteiger partial charge in [0.2, 0.25) is 0 Å². The number of methoxy groups -OCH3 is 1. The Morgan fingerprint density at radius 2 is 2.22 bits per heavy atom. The van der Waals surface area contributed by atoms with E-state index in [1.165, 1.54) is 12.0 Å². The third kappa shape index (κ3) is 1.22. The van der Waals surface area contributed by atoms with Crippen molar-refractivity contribution in [1.29, 1.82) is 0 Å². The van der Waals surface area contributed by atoms with Gasteiger partial charge in [0.25, 0.3) is 0 Å². The van der Waals surface area contributed by atoms with Gasteiger partial charge < -0.3 is 9.64 Å². The molecule has 0 bridgehead atoms. The Kier molecular flexibility index (Phi) is 2.27. The molecule has 0 spiro atoms. The number of likely N-dealkylation sites (N-methyl/N-ethyl adjacent to an activating group) is 1. The Bertz CT molecular complexity index is 508. The molecular formula is C13H15FN2O2. The summed E-state index contributed by atoms with van der Waals surface area (Å²) >= 11 is 0. The summed E-state index contributed by atoms with van der Waals surface area (Å²) in [6.07, 6.45) is -0.754. The molecule has 2 aliphatic heterocycles. The molecule has 1 fully saturated rings. The first-order chi connectivity index (χ1) is 8.59. The number of rotatable bonds is 0. The molecule has 18 heavy (non-hydrogen) atoms. The number of carbonyl (C=O) groups excluding carboxylic acids is 1. The first-order valence-electron chi connectivity index (χ1n) is 5.95. The van der Waals surface area contributed by atoms with Gasteiger partial charge in [0.1, 0.15) is 6.17 Å². The summed E-state index contributed by atoms with van der Waals surface area (Å²) in [5, 5.41) is 0. The maximum Gasteiger partial charge on any atom is 0.411 e. The fourth-order valence-corrected chi connectivity index (χ4v) is 3.14. The lowest BCUT2D eigenvalue weighted by atomic mass is 9.95. The second-order valence-electron chi connectivity index (χ2n) is 4.78. The molecule has 2 aliphatic rings. The normalized spacial score (nSPS) is 29.2. The fraction of sp³-hybridized carbons (Fsp3) is 0.462. The summed E-state index contributed by atoms with van der Waals surface area (Å²) in [4.78, 5) is 15.0. The second kappa shape index (κ2) is 3.60. The van der Waals surface area contributed by atoms with Crippen LogP contribution in [0.15, 0.2) is 24.3 Å². The third-order valence-corrected chi connectivity index (χ3v) is 3.93. The van der Waals surface area contributed by atoms with Gasteiger partial charge in [-0.3, -0.25) is 4.90 Å². The van der Waals surface area contributed by atoms with Crippen LogP contribution in [0.2, 0.25) is 0 Å². The highest BCUT2D eigenvalue weighted by Crippen LogP contribution is 2.52. The van der Waals surface area contributed by atoms with Crippen LogP contribution in [-0.4, -0.2) is 37.9 Å². The van der Waals surface area contributed by atoms with Gasteiger partial charge in [0.15, 0.2) is 5.67 Å². The van der Waals surface area contributed by atoms with E-state index in [4.69, 9.17) is 4.74 Å². The molecule has 1 saturated heterocycles. The minimum atomic E-state index is -1.49. The number of hydrogen-bond acceptors (Lipinski definition) is 3. The summed E-state index contributed by atoms with van der Waals surface area (Å²) in [6.45, 7) is 0.381. The number of para-hydroxylation sites is 1. The number of nitrogens with zero attached hydrogens (tertiary/aromatic N) is 2. The van der Waals surface area contributed by atoms with Crippen molar-refractivity contribution in [1.82, 2.24) is 4.90 Å². The number of fused-ring (bicyclic) bond motifs is 3. The van der Waals surface area contributed by atoms with E-state index in [1.807, 2.05) is 30.1 Å². The summed E-state index contributed by atoms with van der Waals surface area (Å²) in [5.41, 5.74) is 0.0296. The van der Waals surface area contributed by atoms with Crippen LogP contribution in [0, 0.1) is 0 Å². The zero-order valence-corrected chi connectivity index (χ0v) is 10.4. The van der Waals surface area contributed by atoms with Crippen molar-refractivity contribution in [3.63, 3.8) is 0 Å². The van der Waals surface area contributed by atoms with E-state index >= 15 is 4.39 Å². The van der Waals surface area contributed by atoms with Crippen LogP contribution >= 0.6 is 0 Å². The summed E-state index contributed by atoms with van der Waals surface area (Å²) in [6, 6.07) is 7.39. The molecule has 0 N–H and O–H groups in total. The van der Waals surface area contributed by atoms with Crippen molar-refractivity contribution in [2.45, 2.75) is 18.3 Å². The molecule has 2 atom stereocenters. The van der Waals surface area contributed by atoms with Crippen LogP contribution in [-0.2, 0) is 10.4 Å². The number of carbonyl (C=O) groups is 1. The molecule has 0 saturated carbocycles. The van der Waals surface area contributed by atoms with Gasteiger partial charge in [-0.25, -0.2) is 9.18 Å². The SMILES string of the molecule is COC(=O)N1CC[C@@]2(F)c3ccccc3N(C)[C@@H]12. The van der Waals surface area contributed by atoms with E-state index in [0.29, 0.717) is 18.5 Å². The average Bonchev–Trinajstić information content (AvgIpc) is 2.85. The van der Waals surface area contributed by atoms with E-state index in [0.717, 1.165) is 5.69 Å². The molecule has 0 aromatic heterocycles. The molecule has 0 unspecified atom stereocenters. The number of amides is 1.